The predicted octanol–water partition coefficient (Wildman–Crippen LogP) is 4.57. The number of piperazine rings is 1. The molecule has 0 amide bonds. The summed E-state index contributed by atoms with van der Waals surface area (Å²) in [7, 11) is 2.23. The van der Waals surface area contributed by atoms with E-state index in [0.29, 0.717) is 17.4 Å². The molecule has 0 spiro atoms. The molecule has 0 N–H and O–H groups in total. The zero-order valence-corrected chi connectivity index (χ0v) is 22.8. The first-order valence-electron chi connectivity index (χ1n) is 14.8. The Kier molecular flexibility index (Phi) is 6.37. The molecule has 8 unspecified atom stereocenters. The van der Waals surface area contributed by atoms with Crippen molar-refractivity contribution in [1.29, 1.82) is 0 Å². The highest BCUT2D eigenvalue weighted by atomic mass is 16.5. The Labute approximate surface area is 213 Å². The van der Waals surface area contributed by atoms with Crippen LogP contribution in [0.25, 0.3) is 0 Å². The Bertz CT molecular complexity index is 845. The predicted molar refractivity (Wildman–Crippen MR) is 140 cm³/mol. The highest BCUT2D eigenvalue weighted by Gasteiger charge is 2.63. The van der Waals surface area contributed by atoms with Gasteiger partial charge in [0.1, 0.15) is 6.10 Å². The van der Waals surface area contributed by atoms with Crippen LogP contribution in [0.2, 0.25) is 0 Å². The summed E-state index contributed by atoms with van der Waals surface area (Å²) in [6.45, 7) is 13.9. The normalized spacial score (nSPS) is 47.0. The first kappa shape index (κ1) is 24.4. The van der Waals surface area contributed by atoms with Crippen LogP contribution in [0.4, 0.5) is 0 Å². The summed E-state index contributed by atoms with van der Waals surface area (Å²) in [5.74, 6) is 2.14. The van der Waals surface area contributed by atoms with Gasteiger partial charge in [0.15, 0.2) is 0 Å². The fraction of sp³-hybridized carbons (Fsp3) is 0.900. The minimum absolute atomic E-state index is 0.0541. The van der Waals surface area contributed by atoms with Crippen molar-refractivity contribution >= 4 is 5.97 Å². The molecule has 2 aliphatic heterocycles. The monoisotopic (exact) mass is 483 g/mol. The smallest absolute Gasteiger partial charge is 0.302 e. The molecule has 0 aromatic carbocycles. The number of ether oxygens (including phenoxy) is 1. The lowest BCUT2D eigenvalue weighted by Gasteiger charge is -2.58. The standard InChI is InChI=1S/C30H49N3O2/c1-21(34)35-28-27(33-17-15-31(4)16-18-33)20-26-24-8-7-22-19-23(32-13-5-6-14-32)9-11-29(22,2)25(24)10-12-30(26,28)3/h7,23-28H,5-6,8-20H2,1-4H3. The van der Waals surface area contributed by atoms with Crippen LogP contribution in [-0.4, -0.2) is 85.2 Å². The van der Waals surface area contributed by atoms with Gasteiger partial charge in [-0.2, -0.15) is 0 Å². The van der Waals surface area contributed by atoms with Gasteiger partial charge < -0.3 is 14.5 Å². The van der Waals surface area contributed by atoms with E-state index < -0.39 is 0 Å². The summed E-state index contributed by atoms with van der Waals surface area (Å²) in [4.78, 5) is 20.2. The van der Waals surface area contributed by atoms with Gasteiger partial charge in [-0.15, -0.1) is 0 Å². The summed E-state index contributed by atoms with van der Waals surface area (Å²) in [5, 5.41) is 0. The van der Waals surface area contributed by atoms with E-state index in [1.807, 2.05) is 0 Å². The van der Waals surface area contributed by atoms with E-state index in [9.17, 15) is 4.79 Å². The van der Waals surface area contributed by atoms with E-state index in [2.05, 4.69) is 41.7 Å². The summed E-state index contributed by atoms with van der Waals surface area (Å²) in [6, 6.07) is 1.19. The Morgan fingerprint density at radius 2 is 1.71 bits per heavy atom. The second kappa shape index (κ2) is 9.13. The highest BCUT2D eigenvalue weighted by molar-refractivity contribution is 5.66. The van der Waals surface area contributed by atoms with E-state index in [4.69, 9.17) is 4.74 Å². The number of likely N-dealkylation sites (N-methyl/N-ethyl adjacent to an activating group) is 1. The number of nitrogens with zero attached hydrogens (tertiary/aromatic N) is 3. The highest BCUT2D eigenvalue weighted by Crippen LogP contribution is 2.66. The number of likely N-dealkylation sites (tertiary alicyclic amines) is 1. The number of hydrogen-bond donors (Lipinski definition) is 0. The average Bonchev–Trinajstić information content (AvgIpc) is 3.46. The topological polar surface area (TPSA) is 36.0 Å². The molecule has 0 aromatic rings. The number of allylic oxidation sites excluding steroid dienone is 1. The zero-order valence-electron chi connectivity index (χ0n) is 22.8. The van der Waals surface area contributed by atoms with Crippen molar-refractivity contribution in [3.05, 3.63) is 11.6 Å². The molecule has 0 aromatic heterocycles. The van der Waals surface area contributed by atoms with Crippen molar-refractivity contribution in [1.82, 2.24) is 14.7 Å². The molecule has 8 atom stereocenters. The maximum absolute atomic E-state index is 12.3. The van der Waals surface area contributed by atoms with Crippen molar-refractivity contribution in [3.63, 3.8) is 0 Å². The van der Waals surface area contributed by atoms with Crippen LogP contribution in [0, 0.1) is 28.6 Å². The van der Waals surface area contributed by atoms with Crippen LogP contribution in [0.3, 0.4) is 0 Å². The Hall–Kier alpha value is -0.910. The van der Waals surface area contributed by atoms with Crippen molar-refractivity contribution in [2.75, 3.05) is 46.3 Å². The molecule has 4 aliphatic carbocycles. The molecule has 35 heavy (non-hydrogen) atoms. The fourth-order valence-corrected chi connectivity index (χ4v) is 9.91. The van der Waals surface area contributed by atoms with Gasteiger partial charge in [0.2, 0.25) is 0 Å². The van der Waals surface area contributed by atoms with Gasteiger partial charge in [-0.3, -0.25) is 9.69 Å². The number of esters is 1. The van der Waals surface area contributed by atoms with Crippen LogP contribution >= 0.6 is 0 Å². The van der Waals surface area contributed by atoms with Gasteiger partial charge in [-0.05, 0) is 101 Å². The Morgan fingerprint density at radius 1 is 0.971 bits per heavy atom. The van der Waals surface area contributed by atoms with Crippen LogP contribution in [0.15, 0.2) is 11.6 Å². The van der Waals surface area contributed by atoms with Crippen molar-refractivity contribution < 1.29 is 9.53 Å². The molecular formula is C30H49N3O2. The molecule has 0 radical (unpaired) electrons. The SMILES string of the molecule is CC(=O)OC1C(N2CCN(C)CC2)CC2C3CC=C4CC(N5CCCC5)CCC4(C)C3CCC21C. The second-order valence-corrected chi connectivity index (χ2v) is 13.6. The first-order chi connectivity index (χ1) is 16.8. The van der Waals surface area contributed by atoms with E-state index in [1.165, 1.54) is 70.9 Å². The lowest BCUT2D eigenvalue weighted by molar-refractivity contribution is -0.161. The molecule has 5 heteroatoms. The van der Waals surface area contributed by atoms with Gasteiger partial charge in [-0.25, -0.2) is 0 Å². The third-order valence-electron chi connectivity index (χ3n) is 12.0. The first-order valence-corrected chi connectivity index (χ1v) is 14.8. The largest absolute Gasteiger partial charge is 0.460 e. The molecule has 2 saturated heterocycles. The molecule has 196 valence electrons. The summed E-state index contributed by atoms with van der Waals surface area (Å²) in [6.07, 6.45) is 14.6. The van der Waals surface area contributed by atoms with Crippen LogP contribution in [0.5, 0.6) is 0 Å². The molecule has 6 rings (SSSR count). The third-order valence-corrected chi connectivity index (χ3v) is 12.0. The molecule has 3 saturated carbocycles. The number of rotatable bonds is 3. The third kappa shape index (κ3) is 4.03. The van der Waals surface area contributed by atoms with E-state index in [-0.39, 0.29) is 17.5 Å². The summed E-state index contributed by atoms with van der Waals surface area (Å²) >= 11 is 0. The van der Waals surface area contributed by atoms with Gasteiger partial charge in [-0.1, -0.05) is 25.5 Å². The molecule has 0 bridgehead atoms. The zero-order chi connectivity index (χ0) is 24.4. The molecular weight excluding hydrogens is 434 g/mol. The Balaban J connectivity index is 1.25. The molecule has 5 fully saturated rings. The van der Waals surface area contributed by atoms with Gasteiger partial charge in [0, 0.05) is 50.6 Å². The van der Waals surface area contributed by atoms with Gasteiger partial charge in [0.25, 0.3) is 0 Å². The second-order valence-electron chi connectivity index (χ2n) is 13.6. The van der Waals surface area contributed by atoms with Crippen molar-refractivity contribution in [2.45, 2.75) is 96.7 Å². The van der Waals surface area contributed by atoms with Crippen LogP contribution in [0.1, 0.15) is 78.6 Å². The lowest BCUT2D eigenvalue weighted by atomic mass is 9.48. The lowest BCUT2D eigenvalue weighted by Crippen LogP contribution is -2.55. The maximum atomic E-state index is 12.3. The summed E-state index contributed by atoms with van der Waals surface area (Å²) in [5.41, 5.74) is 2.31. The summed E-state index contributed by atoms with van der Waals surface area (Å²) < 4.78 is 6.24. The Morgan fingerprint density at radius 3 is 2.43 bits per heavy atom. The van der Waals surface area contributed by atoms with E-state index in [1.54, 1.807) is 12.5 Å². The minimum atomic E-state index is -0.0869. The minimum Gasteiger partial charge on any atom is -0.460 e. The quantitative estimate of drug-likeness (QED) is 0.434. The number of carbonyl (C=O) groups is 1. The number of hydrogen-bond acceptors (Lipinski definition) is 5. The fourth-order valence-electron chi connectivity index (χ4n) is 9.91. The van der Waals surface area contributed by atoms with E-state index in [0.717, 1.165) is 44.1 Å². The number of carbonyl (C=O) groups excluding carboxylic acids is 1. The van der Waals surface area contributed by atoms with Crippen LogP contribution in [-0.2, 0) is 9.53 Å². The van der Waals surface area contributed by atoms with Gasteiger partial charge >= 0.3 is 5.97 Å². The molecule has 6 aliphatic rings. The van der Waals surface area contributed by atoms with Crippen LogP contribution < -0.4 is 0 Å². The van der Waals surface area contributed by atoms with Gasteiger partial charge in [0.05, 0.1) is 0 Å². The number of fused-ring (bicyclic) bond motifs is 5. The molecule has 5 nitrogen and oxygen atoms in total. The van der Waals surface area contributed by atoms with Crippen molar-refractivity contribution in [3.8, 4) is 0 Å². The molecule has 2 heterocycles. The van der Waals surface area contributed by atoms with E-state index >= 15 is 0 Å². The maximum Gasteiger partial charge on any atom is 0.302 e. The average molecular weight is 484 g/mol. The van der Waals surface area contributed by atoms with Crippen molar-refractivity contribution in [2.24, 2.45) is 28.6 Å².